The highest BCUT2D eigenvalue weighted by molar-refractivity contribution is 5.55. The van der Waals surface area contributed by atoms with Gasteiger partial charge in [-0.25, -0.2) is 0 Å². The number of aryl methyl sites for hydroxylation is 2. The fourth-order valence-corrected chi connectivity index (χ4v) is 5.81. The molecule has 1 fully saturated rings. The van der Waals surface area contributed by atoms with Crippen LogP contribution < -0.4 is 0 Å². The predicted molar refractivity (Wildman–Crippen MR) is 144 cm³/mol. The summed E-state index contributed by atoms with van der Waals surface area (Å²) in [5.41, 5.74) is 11.3. The van der Waals surface area contributed by atoms with Crippen molar-refractivity contribution in [3.63, 3.8) is 0 Å². The van der Waals surface area contributed by atoms with Crippen LogP contribution in [0.4, 0.5) is 0 Å². The lowest BCUT2D eigenvalue weighted by atomic mass is 9.81. The van der Waals surface area contributed by atoms with Crippen LogP contribution >= 0.6 is 0 Å². The van der Waals surface area contributed by atoms with Crippen LogP contribution in [0.15, 0.2) is 24.3 Å². The zero-order valence-electron chi connectivity index (χ0n) is 22.2. The first-order chi connectivity index (χ1) is 16.6. The molecule has 0 aliphatic heterocycles. The molecule has 1 aliphatic carbocycles. The number of hydrogen-bond donors (Lipinski definition) is 3. The van der Waals surface area contributed by atoms with E-state index in [0.717, 1.165) is 55.6 Å². The first-order valence-corrected chi connectivity index (χ1v) is 13.0. The molecule has 0 aromatic heterocycles. The Bertz CT molecular complexity index is 1180. The maximum atomic E-state index is 11.5. The number of hydrogen-bond acceptors (Lipinski definition) is 3. The number of aromatic hydroxyl groups is 3. The standard InChI is InChI=1S/C32H40O3/c1-18-12-25(20(3)22(5)30(18)33)14-28-16-27(24-10-8-7-9-11-24)17-29(32(28)35)15-26-13-19(2)31(34)23(6)21(26)4/h12-13,16-17,24,33-35H,7-11,14-15H2,1-6H3. The average molecular weight is 473 g/mol. The fraction of sp³-hybridized carbons (Fsp3) is 0.438. The largest absolute Gasteiger partial charge is 0.507 e. The Labute approximate surface area is 210 Å². The highest BCUT2D eigenvalue weighted by atomic mass is 16.3. The van der Waals surface area contributed by atoms with Gasteiger partial charge in [0.1, 0.15) is 17.2 Å². The number of benzene rings is 3. The Balaban J connectivity index is 1.81. The third-order valence-corrected chi connectivity index (χ3v) is 8.46. The predicted octanol–water partition coefficient (Wildman–Crippen LogP) is 7.88. The molecule has 0 unspecified atom stereocenters. The lowest BCUT2D eigenvalue weighted by Gasteiger charge is -2.25. The molecule has 3 nitrogen and oxygen atoms in total. The average Bonchev–Trinajstić information content (AvgIpc) is 2.85. The summed E-state index contributed by atoms with van der Waals surface area (Å²) in [5.74, 6) is 1.63. The minimum absolute atomic E-state index is 0.362. The minimum atomic E-state index is 0.362. The Morgan fingerprint density at radius 3 is 1.40 bits per heavy atom. The van der Waals surface area contributed by atoms with E-state index in [0.29, 0.717) is 36.0 Å². The van der Waals surface area contributed by atoms with Crippen LogP contribution in [-0.2, 0) is 12.8 Å². The molecular formula is C32H40O3. The molecule has 3 N–H and O–H groups in total. The normalized spacial score (nSPS) is 14.5. The van der Waals surface area contributed by atoms with Crippen molar-refractivity contribution in [1.29, 1.82) is 0 Å². The van der Waals surface area contributed by atoms with Crippen molar-refractivity contribution in [1.82, 2.24) is 0 Å². The molecule has 0 amide bonds. The highest BCUT2D eigenvalue weighted by Crippen LogP contribution is 2.39. The van der Waals surface area contributed by atoms with Gasteiger partial charge in [0.05, 0.1) is 0 Å². The third kappa shape index (κ3) is 4.91. The van der Waals surface area contributed by atoms with Gasteiger partial charge in [0.25, 0.3) is 0 Å². The van der Waals surface area contributed by atoms with Gasteiger partial charge in [-0.2, -0.15) is 0 Å². The van der Waals surface area contributed by atoms with E-state index in [1.807, 2.05) is 27.7 Å². The number of phenolic OH excluding ortho intramolecular Hbond substituents is 3. The van der Waals surface area contributed by atoms with Crippen molar-refractivity contribution in [3.8, 4) is 17.2 Å². The van der Waals surface area contributed by atoms with Crippen LogP contribution in [0.25, 0.3) is 0 Å². The van der Waals surface area contributed by atoms with Crippen LogP contribution in [0.3, 0.4) is 0 Å². The molecule has 0 heterocycles. The molecule has 3 aromatic rings. The van der Waals surface area contributed by atoms with Gasteiger partial charge in [-0.05, 0) is 121 Å². The van der Waals surface area contributed by atoms with Gasteiger partial charge in [0, 0.05) is 12.8 Å². The van der Waals surface area contributed by atoms with E-state index in [-0.39, 0.29) is 0 Å². The van der Waals surface area contributed by atoms with Crippen molar-refractivity contribution < 1.29 is 15.3 Å². The molecule has 186 valence electrons. The molecule has 3 aromatic carbocycles. The highest BCUT2D eigenvalue weighted by Gasteiger charge is 2.21. The minimum Gasteiger partial charge on any atom is -0.507 e. The SMILES string of the molecule is Cc1cc(Cc2cc(C3CCCCC3)cc(Cc3cc(C)c(O)c(C)c3C)c2O)c(C)c(C)c1O. The summed E-state index contributed by atoms with van der Waals surface area (Å²) >= 11 is 0. The second kappa shape index (κ2) is 9.97. The molecule has 35 heavy (non-hydrogen) atoms. The summed E-state index contributed by atoms with van der Waals surface area (Å²) in [7, 11) is 0. The van der Waals surface area contributed by atoms with Crippen molar-refractivity contribution in [3.05, 3.63) is 85.5 Å². The molecule has 1 aliphatic rings. The van der Waals surface area contributed by atoms with E-state index >= 15 is 0 Å². The Kier molecular flexibility index (Phi) is 7.17. The van der Waals surface area contributed by atoms with Gasteiger partial charge < -0.3 is 15.3 Å². The van der Waals surface area contributed by atoms with Crippen LogP contribution in [0.1, 0.15) is 99.2 Å². The quantitative estimate of drug-likeness (QED) is 0.354. The van der Waals surface area contributed by atoms with E-state index < -0.39 is 0 Å². The van der Waals surface area contributed by atoms with Gasteiger partial charge in [0.2, 0.25) is 0 Å². The first kappa shape index (κ1) is 25.2. The Morgan fingerprint density at radius 2 is 0.971 bits per heavy atom. The summed E-state index contributed by atoms with van der Waals surface area (Å²) < 4.78 is 0. The molecular weight excluding hydrogens is 432 g/mol. The molecule has 4 rings (SSSR count). The summed E-state index contributed by atoms with van der Waals surface area (Å²) in [6.07, 6.45) is 7.53. The maximum absolute atomic E-state index is 11.5. The lowest BCUT2D eigenvalue weighted by Crippen LogP contribution is -2.07. The molecule has 0 bridgehead atoms. The molecule has 3 heteroatoms. The molecule has 0 atom stereocenters. The summed E-state index contributed by atoms with van der Waals surface area (Å²) in [6.45, 7) is 11.9. The van der Waals surface area contributed by atoms with Gasteiger partial charge in [0.15, 0.2) is 0 Å². The number of phenols is 3. The second-order valence-electron chi connectivity index (χ2n) is 10.8. The van der Waals surface area contributed by atoms with Crippen LogP contribution in [0.5, 0.6) is 17.2 Å². The molecule has 0 spiro atoms. The van der Waals surface area contributed by atoms with E-state index in [1.54, 1.807) is 0 Å². The van der Waals surface area contributed by atoms with E-state index in [4.69, 9.17) is 0 Å². The topological polar surface area (TPSA) is 60.7 Å². The summed E-state index contributed by atoms with van der Waals surface area (Å²) in [4.78, 5) is 0. The van der Waals surface area contributed by atoms with Crippen molar-refractivity contribution in [2.75, 3.05) is 0 Å². The van der Waals surface area contributed by atoms with E-state index in [9.17, 15) is 15.3 Å². The van der Waals surface area contributed by atoms with E-state index in [1.165, 1.54) is 37.7 Å². The molecule has 0 saturated heterocycles. The van der Waals surface area contributed by atoms with Crippen LogP contribution in [0.2, 0.25) is 0 Å². The zero-order chi connectivity index (χ0) is 25.4. The van der Waals surface area contributed by atoms with Crippen molar-refractivity contribution >= 4 is 0 Å². The number of rotatable bonds is 5. The second-order valence-corrected chi connectivity index (χ2v) is 10.8. The van der Waals surface area contributed by atoms with Gasteiger partial charge in [-0.15, -0.1) is 0 Å². The smallest absolute Gasteiger partial charge is 0.122 e. The Morgan fingerprint density at radius 1 is 0.543 bits per heavy atom. The zero-order valence-corrected chi connectivity index (χ0v) is 22.2. The lowest BCUT2D eigenvalue weighted by molar-refractivity contribution is 0.439. The first-order valence-electron chi connectivity index (χ1n) is 13.0. The fourth-order valence-electron chi connectivity index (χ4n) is 5.81. The Hall–Kier alpha value is -2.94. The molecule has 1 saturated carbocycles. The van der Waals surface area contributed by atoms with Crippen LogP contribution in [-0.4, -0.2) is 15.3 Å². The van der Waals surface area contributed by atoms with Crippen molar-refractivity contribution in [2.24, 2.45) is 0 Å². The van der Waals surface area contributed by atoms with E-state index in [2.05, 4.69) is 38.1 Å². The summed E-state index contributed by atoms with van der Waals surface area (Å²) in [5, 5.41) is 32.3. The summed E-state index contributed by atoms with van der Waals surface area (Å²) in [6, 6.07) is 8.57. The third-order valence-electron chi connectivity index (χ3n) is 8.46. The monoisotopic (exact) mass is 472 g/mol. The molecule has 0 radical (unpaired) electrons. The maximum Gasteiger partial charge on any atom is 0.122 e. The van der Waals surface area contributed by atoms with Gasteiger partial charge in [-0.3, -0.25) is 0 Å². The van der Waals surface area contributed by atoms with Crippen molar-refractivity contribution in [2.45, 2.75) is 92.4 Å². The van der Waals surface area contributed by atoms with Gasteiger partial charge >= 0.3 is 0 Å². The van der Waals surface area contributed by atoms with Crippen LogP contribution in [0, 0.1) is 41.5 Å². The van der Waals surface area contributed by atoms with Gasteiger partial charge in [-0.1, -0.05) is 43.5 Å².